The number of amides is 1. The summed E-state index contributed by atoms with van der Waals surface area (Å²) in [5, 5.41) is 10.3. The molecule has 1 amide bonds. The third-order valence-corrected chi connectivity index (χ3v) is 4.28. The van der Waals surface area contributed by atoms with Crippen LogP contribution in [0.15, 0.2) is 12.5 Å². The molecule has 2 aliphatic carbocycles. The molecule has 2 N–H and O–H groups in total. The number of aromatic amines is 1. The molecular weight excluding hydrogens is 266 g/mol. The number of imidazole rings is 1. The highest BCUT2D eigenvalue weighted by Gasteiger charge is 2.32. The summed E-state index contributed by atoms with van der Waals surface area (Å²) in [5.41, 5.74) is 3.58. The number of nitrogens with zero attached hydrogens (tertiary/aromatic N) is 3. The third kappa shape index (κ3) is 2.34. The number of nitrogens with one attached hydrogen (secondary N) is 2. The van der Waals surface area contributed by atoms with Crippen LogP contribution in [0.5, 0.6) is 0 Å². The third-order valence-electron chi connectivity index (χ3n) is 4.28. The molecule has 4 rings (SSSR count). The summed E-state index contributed by atoms with van der Waals surface area (Å²) in [6, 6.07) is 0.581. The van der Waals surface area contributed by atoms with E-state index in [2.05, 4.69) is 25.1 Å². The molecule has 2 saturated carbocycles. The Morgan fingerprint density at radius 3 is 2.95 bits per heavy atom. The van der Waals surface area contributed by atoms with E-state index in [0.29, 0.717) is 18.5 Å². The molecular formula is C15H19N5O. The van der Waals surface area contributed by atoms with E-state index in [1.807, 2.05) is 19.4 Å². The van der Waals surface area contributed by atoms with Crippen LogP contribution in [-0.4, -0.2) is 25.7 Å². The molecule has 0 bridgehead atoms. The first kappa shape index (κ1) is 12.6. The molecule has 0 saturated heterocycles. The Morgan fingerprint density at radius 1 is 1.43 bits per heavy atom. The zero-order valence-electron chi connectivity index (χ0n) is 12.1. The number of hydrogen-bond acceptors (Lipinski definition) is 3. The van der Waals surface area contributed by atoms with Crippen LogP contribution < -0.4 is 5.32 Å². The van der Waals surface area contributed by atoms with Crippen LogP contribution in [0, 0.1) is 6.92 Å². The maximum atomic E-state index is 12.5. The molecule has 0 unspecified atom stereocenters. The van der Waals surface area contributed by atoms with E-state index in [-0.39, 0.29) is 5.91 Å². The summed E-state index contributed by atoms with van der Waals surface area (Å²) >= 11 is 0. The maximum absolute atomic E-state index is 12.5. The van der Waals surface area contributed by atoms with Gasteiger partial charge in [-0.3, -0.25) is 9.89 Å². The van der Waals surface area contributed by atoms with Crippen molar-refractivity contribution in [2.24, 2.45) is 0 Å². The molecule has 0 aliphatic heterocycles. The molecule has 2 aliphatic rings. The van der Waals surface area contributed by atoms with Crippen molar-refractivity contribution >= 4 is 5.91 Å². The van der Waals surface area contributed by atoms with Crippen LogP contribution in [0.1, 0.15) is 65.1 Å². The second-order valence-electron chi connectivity index (χ2n) is 6.09. The minimum Gasteiger partial charge on any atom is -0.346 e. The van der Waals surface area contributed by atoms with E-state index < -0.39 is 0 Å². The smallest absolute Gasteiger partial charge is 0.255 e. The van der Waals surface area contributed by atoms with Crippen molar-refractivity contribution in [3.8, 4) is 0 Å². The Morgan fingerprint density at radius 2 is 2.24 bits per heavy atom. The molecule has 2 aromatic heterocycles. The van der Waals surface area contributed by atoms with Gasteiger partial charge in [0.2, 0.25) is 0 Å². The van der Waals surface area contributed by atoms with Crippen molar-refractivity contribution in [1.29, 1.82) is 0 Å². The number of rotatable bonds is 5. The summed E-state index contributed by atoms with van der Waals surface area (Å²) in [5.74, 6) is 0.430. The van der Waals surface area contributed by atoms with Gasteiger partial charge in [0.15, 0.2) is 0 Å². The number of aryl methyl sites for hydroxylation is 1. The van der Waals surface area contributed by atoms with Crippen LogP contribution in [-0.2, 0) is 6.54 Å². The predicted octanol–water partition coefficient (Wildman–Crippen LogP) is 2.06. The van der Waals surface area contributed by atoms with Gasteiger partial charge >= 0.3 is 0 Å². The van der Waals surface area contributed by atoms with Crippen molar-refractivity contribution in [3.05, 3.63) is 35.2 Å². The van der Waals surface area contributed by atoms with Gasteiger partial charge in [0.1, 0.15) is 0 Å². The van der Waals surface area contributed by atoms with Gasteiger partial charge < -0.3 is 9.88 Å². The molecule has 0 aromatic carbocycles. The van der Waals surface area contributed by atoms with Crippen molar-refractivity contribution in [2.45, 2.75) is 51.1 Å². The fraction of sp³-hybridized carbons (Fsp3) is 0.533. The topological polar surface area (TPSA) is 75.6 Å². The fourth-order valence-corrected chi connectivity index (χ4v) is 2.80. The van der Waals surface area contributed by atoms with Crippen molar-refractivity contribution in [2.75, 3.05) is 0 Å². The van der Waals surface area contributed by atoms with Crippen LogP contribution in [0.3, 0.4) is 0 Å². The largest absolute Gasteiger partial charge is 0.346 e. The summed E-state index contributed by atoms with van der Waals surface area (Å²) in [7, 11) is 0. The van der Waals surface area contributed by atoms with Gasteiger partial charge in [0.25, 0.3) is 5.91 Å². The van der Waals surface area contributed by atoms with Crippen LogP contribution in [0.4, 0.5) is 0 Å². The first-order valence-electron chi connectivity index (χ1n) is 7.58. The molecule has 110 valence electrons. The van der Waals surface area contributed by atoms with Gasteiger partial charge in [-0.1, -0.05) is 0 Å². The second-order valence-corrected chi connectivity index (χ2v) is 6.09. The van der Waals surface area contributed by atoms with E-state index in [1.165, 1.54) is 12.8 Å². The van der Waals surface area contributed by atoms with Crippen LogP contribution >= 0.6 is 0 Å². The van der Waals surface area contributed by atoms with E-state index >= 15 is 0 Å². The Bertz CT molecular complexity index is 678. The Hall–Kier alpha value is -2.11. The molecule has 6 nitrogen and oxygen atoms in total. The van der Waals surface area contributed by atoms with Gasteiger partial charge in [-0.05, 0) is 32.6 Å². The first-order chi connectivity index (χ1) is 10.2. The van der Waals surface area contributed by atoms with Crippen LogP contribution in [0.25, 0.3) is 0 Å². The Kier molecular flexibility index (Phi) is 2.83. The lowest BCUT2D eigenvalue weighted by molar-refractivity contribution is 0.0948. The molecule has 6 heteroatoms. The molecule has 0 atom stereocenters. The molecule has 2 heterocycles. The standard InChI is InChI=1S/C15H19N5O/c1-9-13(14(19-18-9)10-2-3-10)15(21)17-7-12-6-16-8-20(12)11-4-5-11/h6,8,10-11H,2-5,7H2,1H3,(H,17,21)(H,18,19). The molecule has 2 fully saturated rings. The fourth-order valence-electron chi connectivity index (χ4n) is 2.80. The number of carbonyl (C=O) groups excluding carboxylic acids is 1. The number of aromatic nitrogens is 4. The SMILES string of the molecule is Cc1[nH]nc(C2CC2)c1C(=O)NCc1cncn1C1CC1. The maximum Gasteiger partial charge on any atom is 0.255 e. The summed E-state index contributed by atoms with van der Waals surface area (Å²) < 4.78 is 2.17. The lowest BCUT2D eigenvalue weighted by Crippen LogP contribution is -2.25. The summed E-state index contributed by atoms with van der Waals surface area (Å²) in [6.07, 6.45) is 8.40. The van der Waals surface area contributed by atoms with Crippen molar-refractivity contribution in [1.82, 2.24) is 25.1 Å². The van der Waals surface area contributed by atoms with Crippen LogP contribution in [0.2, 0.25) is 0 Å². The van der Waals surface area contributed by atoms with Gasteiger partial charge in [-0.25, -0.2) is 4.98 Å². The van der Waals surface area contributed by atoms with E-state index in [0.717, 1.165) is 35.5 Å². The molecule has 2 aromatic rings. The van der Waals surface area contributed by atoms with Gasteiger partial charge in [-0.2, -0.15) is 5.10 Å². The lowest BCUT2D eigenvalue weighted by atomic mass is 10.1. The molecule has 0 radical (unpaired) electrons. The van der Waals surface area contributed by atoms with Crippen molar-refractivity contribution in [3.63, 3.8) is 0 Å². The highest BCUT2D eigenvalue weighted by Crippen LogP contribution is 2.41. The normalized spacial score (nSPS) is 18.0. The monoisotopic (exact) mass is 285 g/mol. The van der Waals surface area contributed by atoms with Gasteiger partial charge in [-0.15, -0.1) is 0 Å². The summed E-state index contributed by atoms with van der Waals surface area (Å²) in [6.45, 7) is 2.42. The van der Waals surface area contributed by atoms with Crippen molar-refractivity contribution < 1.29 is 4.79 Å². The molecule has 0 spiro atoms. The highest BCUT2D eigenvalue weighted by atomic mass is 16.1. The van der Waals surface area contributed by atoms with E-state index in [1.54, 1.807) is 0 Å². The second kappa shape index (κ2) is 4.72. The zero-order valence-corrected chi connectivity index (χ0v) is 12.1. The average molecular weight is 285 g/mol. The molecule has 21 heavy (non-hydrogen) atoms. The highest BCUT2D eigenvalue weighted by molar-refractivity contribution is 5.96. The minimum absolute atomic E-state index is 0.0355. The van der Waals surface area contributed by atoms with E-state index in [4.69, 9.17) is 0 Å². The quantitative estimate of drug-likeness (QED) is 0.883. The first-order valence-corrected chi connectivity index (χ1v) is 7.58. The van der Waals surface area contributed by atoms with E-state index in [9.17, 15) is 4.79 Å². The average Bonchev–Trinajstić information content (AvgIpc) is 3.40. The number of H-pyrrole nitrogens is 1. The Labute approximate surface area is 123 Å². The predicted molar refractivity (Wildman–Crippen MR) is 77.0 cm³/mol. The minimum atomic E-state index is -0.0355. The van der Waals surface area contributed by atoms with Gasteiger partial charge in [0.05, 0.1) is 29.8 Å². The Balaban J connectivity index is 1.48. The number of hydrogen-bond donors (Lipinski definition) is 2. The lowest BCUT2D eigenvalue weighted by Gasteiger charge is -2.09. The zero-order chi connectivity index (χ0) is 14.4. The van der Waals surface area contributed by atoms with Gasteiger partial charge in [0, 0.05) is 23.9 Å². The summed E-state index contributed by atoms with van der Waals surface area (Å²) in [4.78, 5) is 16.7. The number of carbonyl (C=O) groups is 1.